The Morgan fingerprint density at radius 1 is 1.05 bits per heavy atom. The number of nitriles is 1. The second-order valence-corrected chi connectivity index (χ2v) is 19.4. The number of rotatable bonds is 18. The Kier molecular flexibility index (Phi) is 17.1. The van der Waals surface area contributed by atoms with E-state index in [4.69, 9.17) is 21.7 Å². The summed E-state index contributed by atoms with van der Waals surface area (Å²) in [4.78, 5) is 68.4. The van der Waals surface area contributed by atoms with Crippen LogP contribution in [-0.2, 0) is 25.3 Å². The van der Waals surface area contributed by atoms with Crippen molar-refractivity contribution in [2.45, 2.75) is 90.7 Å². The Morgan fingerprint density at radius 2 is 1.71 bits per heavy atom. The van der Waals surface area contributed by atoms with Gasteiger partial charge in [-0.2, -0.15) is 18.4 Å². The maximum Gasteiger partial charge on any atom is 0.420 e. The lowest BCUT2D eigenvalue weighted by Crippen LogP contribution is -2.55. The lowest BCUT2D eigenvalue weighted by atomic mass is 9.85. The van der Waals surface area contributed by atoms with Crippen molar-refractivity contribution in [2.75, 3.05) is 38.3 Å². The summed E-state index contributed by atoms with van der Waals surface area (Å²) in [7, 11) is 1.56. The Labute approximate surface area is 425 Å². The number of nitrogens with one attached hydrogen (secondary N) is 3. The molecule has 3 heterocycles. The van der Waals surface area contributed by atoms with Gasteiger partial charge in [0.25, 0.3) is 11.8 Å². The first-order chi connectivity index (χ1) is 34.4. The van der Waals surface area contributed by atoms with Gasteiger partial charge in [-0.25, -0.2) is 9.37 Å². The summed E-state index contributed by atoms with van der Waals surface area (Å²) in [6.07, 6.45) is 0.264. The molecule has 3 atom stereocenters. The van der Waals surface area contributed by atoms with E-state index in [1.165, 1.54) is 24.8 Å². The number of allylic oxidation sites excluding steroid dienone is 3. The van der Waals surface area contributed by atoms with Gasteiger partial charge in [0.2, 0.25) is 11.8 Å². The lowest BCUT2D eigenvalue weighted by Gasteiger charge is -2.35. The first-order valence-corrected chi connectivity index (χ1v) is 23.6. The van der Waals surface area contributed by atoms with Crippen molar-refractivity contribution in [1.29, 1.82) is 5.26 Å². The number of aliphatic imine (C=N–C) groups is 1. The van der Waals surface area contributed by atoms with E-state index in [-0.39, 0.29) is 43.1 Å². The Morgan fingerprint density at radius 3 is 2.33 bits per heavy atom. The highest BCUT2D eigenvalue weighted by Crippen LogP contribution is 2.42. The smallest absolute Gasteiger partial charge is 0.420 e. The highest BCUT2D eigenvalue weighted by atomic mass is 32.1. The van der Waals surface area contributed by atoms with Crippen LogP contribution in [0, 0.1) is 22.6 Å². The summed E-state index contributed by atoms with van der Waals surface area (Å²) >= 11 is 5.54. The molecule has 4 amide bonds. The maximum absolute atomic E-state index is 15.4. The number of unbranched alkanes of at least 4 members (excludes halogenated alkanes) is 1. The first kappa shape index (κ1) is 55.0. The van der Waals surface area contributed by atoms with Gasteiger partial charge in [0.15, 0.2) is 10.9 Å². The maximum atomic E-state index is 15.4. The number of likely N-dealkylation sites (tertiary alicyclic amines) is 1. The van der Waals surface area contributed by atoms with Crippen molar-refractivity contribution in [1.82, 2.24) is 30.4 Å². The zero-order chi connectivity index (χ0) is 53.6. The molecule has 3 aromatic carbocycles. The van der Waals surface area contributed by atoms with Crippen molar-refractivity contribution in [3.8, 4) is 23.1 Å². The number of amides is 4. The molecule has 0 saturated carbocycles. The van der Waals surface area contributed by atoms with Crippen LogP contribution in [0.3, 0.4) is 0 Å². The predicted molar refractivity (Wildman–Crippen MR) is 269 cm³/mol. The van der Waals surface area contributed by atoms with E-state index in [1.807, 2.05) is 20.8 Å². The average molecular weight is 1030 g/mol. The minimum Gasteiger partial charge on any atom is -0.494 e. The third-order valence-corrected chi connectivity index (χ3v) is 12.7. The molecule has 0 aliphatic carbocycles. The van der Waals surface area contributed by atoms with Gasteiger partial charge in [-0.1, -0.05) is 32.9 Å². The van der Waals surface area contributed by atoms with E-state index in [9.17, 15) is 42.7 Å². The lowest BCUT2D eigenvalue weighted by molar-refractivity contribution is -0.141. The number of thiocarbonyl (C=S) groups is 1. The van der Waals surface area contributed by atoms with Gasteiger partial charge < -0.3 is 40.0 Å². The molecule has 0 unspecified atom stereocenters. The third kappa shape index (κ3) is 12.3. The number of hydrogen-bond acceptors (Lipinski definition) is 11. The van der Waals surface area contributed by atoms with Gasteiger partial charge in [0.05, 0.1) is 53.7 Å². The second kappa shape index (κ2) is 22.6. The van der Waals surface area contributed by atoms with E-state index in [1.54, 1.807) is 85.8 Å². The molecule has 2 saturated heterocycles. The summed E-state index contributed by atoms with van der Waals surface area (Å²) in [6, 6.07) is 15.5. The fourth-order valence-electron chi connectivity index (χ4n) is 8.54. The number of ether oxygens (including phenoxy) is 2. The number of benzene rings is 3. The standard InChI is InChI=1S/C52H57F4N9O7S/c1-30(65-49(73)64(48(70)51(65,5)6)39-22-18-34(26-57)42(43(39)53)52(54,55)56)11-21-37(58-7)31-16-19-36(20-17-31)72-24-10-9-23-71-29-41(67)62-44(50(2,3)4)47(69)63-28-35(66)25-40(63)45-60-27-38(61-45)32-12-14-33(15-13-32)46(68)59-8/h11-22,27,35,40,44,66H,7,9-10,23-25,28-29H2,1-6,8H3,(H,59,68)(H,60,61)(H,62,67)/b30-11+,37-21-/t35-,40+,44-/m1/s1. The van der Waals surface area contributed by atoms with Gasteiger partial charge in [0, 0.05) is 43.4 Å². The summed E-state index contributed by atoms with van der Waals surface area (Å²) in [5.41, 5.74) is -2.13. The molecule has 73 heavy (non-hydrogen) atoms. The quantitative estimate of drug-likeness (QED) is 0.0248. The largest absolute Gasteiger partial charge is 0.494 e. The fraction of sp³-hybridized carbons (Fsp3) is 0.385. The van der Waals surface area contributed by atoms with Crippen LogP contribution >= 0.6 is 12.2 Å². The number of H-pyrrole nitrogens is 1. The van der Waals surface area contributed by atoms with Gasteiger partial charge >= 0.3 is 6.18 Å². The molecule has 2 fully saturated rings. The van der Waals surface area contributed by atoms with Crippen LogP contribution in [0.2, 0.25) is 0 Å². The topological polar surface area (TPSA) is 206 Å². The number of nitrogens with zero attached hydrogens (tertiary/aromatic N) is 6. The minimum absolute atomic E-state index is 0.0613. The Bertz CT molecular complexity index is 2850. The Balaban J connectivity index is 0.975. The minimum atomic E-state index is -5.20. The molecule has 4 aromatic rings. The van der Waals surface area contributed by atoms with Crippen molar-refractivity contribution in [3.63, 3.8) is 0 Å². The van der Waals surface area contributed by atoms with E-state index in [2.05, 4.69) is 32.3 Å². The molecular formula is C52H57F4N9O7S. The van der Waals surface area contributed by atoms with Gasteiger partial charge in [-0.15, -0.1) is 0 Å². The number of carbonyl (C=O) groups is 4. The average Bonchev–Trinajstić information content (AvgIpc) is 4.04. The summed E-state index contributed by atoms with van der Waals surface area (Å²) in [6.45, 7) is 14.2. The van der Waals surface area contributed by atoms with Crippen LogP contribution in [0.5, 0.6) is 5.75 Å². The number of alkyl halides is 3. The molecule has 0 bridgehead atoms. The molecule has 2 aliphatic rings. The first-order valence-electron chi connectivity index (χ1n) is 23.2. The molecule has 16 nitrogen and oxygen atoms in total. The van der Waals surface area contributed by atoms with Gasteiger partial charge in [-0.3, -0.25) is 29.1 Å². The number of halogens is 4. The van der Waals surface area contributed by atoms with Gasteiger partial charge in [0.1, 0.15) is 35.3 Å². The predicted octanol–water partition coefficient (Wildman–Crippen LogP) is 7.86. The Hall–Kier alpha value is -7.28. The van der Waals surface area contributed by atoms with Gasteiger partial charge in [-0.05, 0) is 124 Å². The van der Waals surface area contributed by atoms with E-state index < -0.39 is 69.8 Å². The number of aliphatic hydroxyl groups is 1. The fourth-order valence-corrected chi connectivity index (χ4v) is 9.09. The van der Waals surface area contributed by atoms with E-state index in [0.29, 0.717) is 64.1 Å². The number of carbonyl (C=O) groups excluding carboxylic acids is 4. The third-order valence-electron chi connectivity index (χ3n) is 12.4. The summed E-state index contributed by atoms with van der Waals surface area (Å²) in [5, 5.41) is 25.1. The van der Waals surface area contributed by atoms with Crippen LogP contribution in [-0.4, -0.2) is 111 Å². The second-order valence-electron chi connectivity index (χ2n) is 19.0. The van der Waals surface area contributed by atoms with E-state index >= 15 is 4.39 Å². The molecule has 2 aliphatic heterocycles. The van der Waals surface area contributed by atoms with Crippen molar-refractivity contribution < 1.29 is 51.3 Å². The van der Waals surface area contributed by atoms with Crippen LogP contribution in [0.1, 0.15) is 99.7 Å². The highest BCUT2D eigenvalue weighted by Gasteiger charge is 2.52. The number of imidazole rings is 1. The zero-order valence-corrected chi connectivity index (χ0v) is 42.2. The van der Waals surface area contributed by atoms with Crippen LogP contribution in [0.25, 0.3) is 17.0 Å². The monoisotopic (exact) mass is 1030 g/mol. The molecular weight excluding hydrogens is 971 g/mol. The molecule has 0 radical (unpaired) electrons. The van der Waals surface area contributed by atoms with Crippen LogP contribution in [0.15, 0.2) is 89.7 Å². The summed E-state index contributed by atoms with van der Waals surface area (Å²) in [5.74, 6) is -2.55. The molecule has 21 heteroatoms. The number of β-amino-alcohol motifs (C(OH)–C–C–N with tert-alkyl or cyclic N) is 1. The van der Waals surface area contributed by atoms with Crippen molar-refractivity contribution in [3.05, 3.63) is 119 Å². The number of anilines is 1. The number of aliphatic hydroxyl groups excluding tert-OH is 1. The number of hydrogen-bond donors (Lipinski definition) is 4. The highest BCUT2D eigenvalue weighted by molar-refractivity contribution is 7.80. The van der Waals surface area contributed by atoms with Crippen LogP contribution < -0.4 is 20.3 Å². The molecule has 4 N–H and O–H groups in total. The molecule has 6 rings (SSSR count). The molecule has 386 valence electrons. The van der Waals surface area contributed by atoms with Crippen molar-refractivity contribution in [2.24, 2.45) is 10.4 Å². The molecule has 1 aromatic heterocycles. The molecule has 0 spiro atoms. The number of aromatic amines is 1. The SMILES string of the molecule is C=N/C(=C\C=C(/C)N1C(=S)N(c2ccc(C#N)c(C(F)(F)F)c2F)C(=O)C1(C)C)c1ccc(OCCCCOCC(=O)N[C@H](C(=O)N2C[C@H](O)C[C@H]2c2ncc(-c3ccc(C(=O)NC)cc3)[nH]2)C(C)(C)C)cc1. The van der Waals surface area contributed by atoms with E-state index in [0.717, 1.165) is 17.7 Å². The van der Waals surface area contributed by atoms with Crippen molar-refractivity contribution >= 4 is 59.1 Å². The van der Waals surface area contributed by atoms with Crippen LogP contribution in [0.4, 0.5) is 23.2 Å². The zero-order valence-electron chi connectivity index (χ0n) is 41.4. The number of aromatic nitrogens is 2. The normalized spacial score (nSPS) is 17.7. The summed E-state index contributed by atoms with van der Waals surface area (Å²) < 4.78 is 68.4.